The van der Waals surface area contributed by atoms with Gasteiger partial charge in [0.25, 0.3) is 0 Å². The molecular weight excluding hydrogens is 903 g/mol. The first-order chi connectivity index (χ1) is 33.3. The number of hydrogen-bond acceptors (Lipinski definition) is 18. The standard InChI is InChI=1S/C50H95NO18/c1-3-5-7-9-11-13-14-15-16-17-18-20-22-24-26-28-38(56)51-33(34(55)27-25-23-21-19-12-10-8-6-4-2)32-64-48-44(62)41(59)46(36(30-53)66-48)69-50-45(63)42(60)47(37(31-54)67-50)68-49-43(61)40(58)39(57)35(29-52)65-49/h33-37,39-50,52-55,57-63H,3-32H2,1-2H3,(H,51,56). The van der Waals surface area contributed by atoms with Gasteiger partial charge >= 0.3 is 0 Å². The van der Waals surface area contributed by atoms with Crippen LogP contribution >= 0.6 is 0 Å². The Hall–Kier alpha value is -1.21. The number of hydrogen-bond donors (Lipinski definition) is 12. The van der Waals surface area contributed by atoms with Crippen molar-refractivity contribution in [3.05, 3.63) is 0 Å². The molecule has 0 aromatic rings. The van der Waals surface area contributed by atoms with Crippen LogP contribution in [0.5, 0.6) is 0 Å². The maximum atomic E-state index is 13.2. The van der Waals surface area contributed by atoms with Gasteiger partial charge < -0.3 is 89.9 Å². The topological polar surface area (TPSA) is 307 Å². The van der Waals surface area contributed by atoms with Crippen LogP contribution in [0.2, 0.25) is 0 Å². The third-order valence-corrected chi connectivity index (χ3v) is 13.9. The maximum Gasteiger partial charge on any atom is 0.220 e. The van der Waals surface area contributed by atoms with Gasteiger partial charge in [0.05, 0.1) is 38.6 Å². The fourth-order valence-electron chi connectivity index (χ4n) is 9.43. The Morgan fingerprint density at radius 3 is 1.26 bits per heavy atom. The van der Waals surface area contributed by atoms with Crippen LogP contribution in [-0.4, -0.2) is 193 Å². The van der Waals surface area contributed by atoms with Gasteiger partial charge in [-0.1, -0.05) is 162 Å². The Balaban J connectivity index is 1.52. The number of carbonyl (C=O) groups is 1. The molecule has 3 heterocycles. The third kappa shape index (κ3) is 21.7. The summed E-state index contributed by atoms with van der Waals surface area (Å²) >= 11 is 0. The molecule has 0 aliphatic carbocycles. The SMILES string of the molecule is CCCCCCCCCCCCCCCCCC(=O)NC(COC1OC(CO)C(OC2OC(CO)C(OC3OC(CO)C(O)C(O)C3O)C(O)C2O)C(O)C1O)C(O)CCCCCCCCCCC. The van der Waals surface area contributed by atoms with Crippen LogP contribution in [0.25, 0.3) is 0 Å². The number of unbranched alkanes of at least 4 members (excludes halogenated alkanes) is 22. The largest absolute Gasteiger partial charge is 0.394 e. The Kier molecular flexibility index (Phi) is 32.3. The fraction of sp³-hybridized carbons (Fsp3) is 0.980. The second kappa shape index (κ2) is 35.9. The van der Waals surface area contributed by atoms with Gasteiger partial charge in [0, 0.05) is 6.42 Å². The number of amides is 1. The van der Waals surface area contributed by atoms with Crippen molar-refractivity contribution in [2.24, 2.45) is 0 Å². The zero-order chi connectivity index (χ0) is 50.6. The highest BCUT2D eigenvalue weighted by Gasteiger charge is 2.53. The highest BCUT2D eigenvalue weighted by atomic mass is 16.8. The number of rotatable bonds is 38. The quantitative estimate of drug-likeness (QED) is 0.0396. The van der Waals surface area contributed by atoms with Gasteiger partial charge in [-0.3, -0.25) is 4.79 Å². The molecule has 0 aromatic carbocycles. The number of nitrogens with one attached hydrogen (secondary N) is 1. The van der Waals surface area contributed by atoms with Crippen LogP contribution in [0.4, 0.5) is 0 Å². The van der Waals surface area contributed by atoms with Crippen molar-refractivity contribution in [3.63, 3.8) is 0 Å². The van der Waals surface area contributed by atoms with Crippen molar-refractivity contribution < 1.29 is 89.4 Å². The van der Waals surface area contributed by atoms with E-state index in [4.69, 9.17) is 28.4 Å². The summed E-state index contributed by atoms with van der Waals surface area (Å²) in [5, 5.41) is 120. The minimum atomic E-state index is -1.97. The molecule has 19 nitrogen and oxygen atoms in total. The van der Waals surface area contributed by atoms with Crippen molar-refractivity contribution >= 4 is 5.91 Å². The molecule has 19 heteroatoms. The molecule has 12 N–H and O–H groups in total. The summed E-state index contributed by atoms with van der Waals surface area (Å²) < 4.78 is 34.1. The van der Waals surface area contributed by atoms with Crippen LogP contribution in [0.15, 0.2) is 0 Å². The van der Waals surface area contributed by atoms with Crippen molar-refractivity contribution in [2.45, 2.75) is 285 Å². The molecule has 1 amide bonds. The number of aliphatic hydroxyl groups is 11. The maximum absolute atomic E-state index is 13.2. The molecule has 17 atom stereocenters. The molecule has 0 bridgehead atoms. The van der Waals surface area contributed by atoms with Crippen LogP contribution in [0.1, 0.15) is 181 Å². The number of ether oxygens (including phenoxy) is 6. The van der Waals surface area contributed by atoms with Gasteiger partial charge in [0.15, 0.2) is 18.9 Å². The average molecular weight is 998 g/mol. The molecule has 3 aliphatic rings. The summed E-state index contributed by atoms with van der Waals surface area (Å²) in [6.45, 7) is 1.74. The van der Waals surface area contributed by atoms with Gasteiger partial charge in [-0.25, -0.2) is 0 Å². The first kappa shape index (κ1) is 62.1. The minimum Gasteiger partial charge on any atom is -0.394 e. The van der Waals surface area contributed by atoms with Crippen LogP contribution in [0.3, 0.4) is 0 Å². The predicted molar refractivity (Wildman–Crippen MR) is 254 cm³/mol. The Bertz CT molecular complexity index is 1290. The van der Waals surface area contributed by atoms with Crippen LogP contribution in [0, 0.1) is 0 Å². The van der Waals surface area contributed by atoms with Gasteiger partial charge in [-0.15, -0.1) is 0 Å². The summed E-state index contributed by atoms with van der Waals surface area (Å²) in [6, 6.07) is -0.877. The molecule has 3 saturated heterocycles. The zero-order valence-electron chi connectivity index (χ0n) is 41.8. The summed E-state index contributed by atoms with van der Waals surface area (Å²) in [4.78, 5) is 13.2. The molecule has 0 saturated carbocycles. The molecule has 0 spiro atoms. The molecule has 3 rings (SSSR count). The fourth-order valence-corrected chi connectivity index (χ4v) is 9.43. The first-order valence-corrected chi connectivity index (χ1v) is 26.8. The number of aliphatic hydroxyl groups excluding tert-OH is 11. The van der Waals surface area contributed by atoms with Crippen LogP contribution < -0.4 is 5.32 Å². The van der Waals surface area contributed by atoms with Crippen molar-refractivity contribution in [2.75, 3.05) is 26.4 Å². The highest BCUT2D eigenvalue weighted by Crippen LogP contribution is 2.33. The Morgan fingerprint density at radius 1 is 0.464 bits per heavy atom. The second-order valence-electron chi connectivity index (χ2n) is 19.7. The Morgan fingerprint density at radius 2 is 0.826 bits per heavy atom. The van der Waals surface area contributed by atoms with Gasteiger partial charge in [0.1, 0.15) is 73.2 Å². The monoisotopic (exact) mass is 998 g/mol. The summed E-state index contributed by atoms with van der Waals surface area (Å²) in [7, 11) is 0. The van der Waals surface area contributed by atoms with E-state index < -0.39 is 124 Å². The first-order valence-electron chi connectivity index (χ1n) is 26.8. The summed E-state index contributed by atoms with van der Waals surface area (Å²) in [5.41, 5.74) is 0. The van der Waals surface area contributed by atoms with E-state index in [1.54, 1.807) is 0 Å². The van der Waals surface area contributed by atoms with Crippen molar-refractivity contribution in [1.29, 1.82) is 0 Å². The second-order valence-corrected chi connectivity index (χ2v) is 19.7. The lowest BCUT2D eigenvalue weighted by molar-refractivity contribution is -0.379. The molecule has 17 unspecified atom stereocenters. The lowest BCUT2D eigenvalue weighted by Crippen LogP contribution is -2.66. The predicted octanol–water partition coefficient (Wildman–Crippen LogP) is 2.48. The zero-order valence-corrected chi connectivity index (χ0v) is 41.8. The number of carbonyl (C=O) groups excluding carboxylic acids is 1. The Labute approximate surface area is 411 Å². The summed E-state index contributed by atoms with van der Waals surface area (Å²) in [6.07, 6.45) is 2.19. The minimum absolute atomic E-state index is 0.244. The van der Waals surface area contributed by atoms with Gasteiger partial charge in [0.2, 0.25) is 5.91 Å². The van der Waals surface area contributed by atoms with E-state index in [9.17, 15) is 61.0 Å². The van der Waals surface area contributed by atoms with Crippen LogP contribution in [-0.2, 0) is 33.2 Å². The van der Waals surface area contributed by atoms with Gasteiger partial charge in [-0.05, 0) is 12.8 Å². The third-order valence-electron chi connectivity index (χ3n) is 13.9. The van der Waals surface area contributed by atoms with Crippen molar-refractivity contribution in [1.82, 2.24) is 5.32 Å². The lowest BCUT2D eigenvalue weighted by atomic mass is 9.96. The normalized spacial score (nSPS) is 32.8. The molecular formula is C50H95NO18. The average Bonchev–Trinajstić information content (AvgIpc) is 3.34. The van der Waals surface area contributed by atoms with Gasteiger partial charge in [-0.2, -0.15) is 0 Å². The van der Waals surface area contributed by atoms with E-state index in [0.717, 1.165) is 44.9 Å². The van der Waals surface area contributed by atoms with E-state index >= 15 is 0 Å². The van der Waals surface area contributed by atoms with Crippen molar-refractivity contribution in [3.8, 4) is 0 Å². The molecule has 0 aromatic heterocycles. The van der Waals surface area contributed by atoms with E-state index in [0.29, 0.717) is 12.8 Å². The molecule has 69 heavy (non-hydrogen) atoms. The molecule has 3 aliphatic heterocycles. The van der Waals surface area contributed by atoms with E-state index in [2.05, 4.69) is 19.2 Å². The smallest absolute Gasteiger partial charge is 0.220 e. The molecule has 408 valence electrons. The molecule has 0 radical (unpaired) electrons. The van der Waals surface area contributed by atoms with E-state index in [-0.39, 0.29) is 18.9 Å². The lowest BCUT2D eigenvalue weighted by Gasteiger charge is -2.48. The summed E-state index contributed by atoms with van der Waals surface area (Å²) in [5.74, 6) is -0.244. The highest BCUT2D eigenvalue weighted by molar-refractivity contribution is 5.76. The van der Waals surface area contributed by atoms with E-state index in [1.165, 1.54) is 103 Å². The molecule has 3 fully saturated rings. The van der Waals surface area contributed by atoms with E-state index in [1.807, 2.05) is 0 Å².